The summed E-state index contributed by atoms with van der Waals surface area (Å²) in [6, 6.07) is 15.0. The molecule has 1 heterocycles. The summed E-state index contributed by atoms with van der Waals surface area (Å²) in [7, 11) is 0. The van der Waals surface area contributed by atoms with Gasteiger partial charge >= 0.3 is 6.03 Å². The van der Waals surface area contributed by atoms with Gasteiger partial charge in [0, 0.05) is 5.69 Å². The lowest BCUT2D eigenvalue weighted by molar-refractivity contribution is -0.122. The van der Waals surface area contributed by atoms with E-state index in [1.807, 2.05) is 19.1 Å². The molecule has 0 aromatic heterocycles. The Morgan fingerprint density at radius 3 is 2.41 bits per heavy atom. The standard InChI is InChI=1S/C28H24BrN3O7/c1-3-38-23-14-17(13-22(29)25(23)39-15-24(34)30-18-6-4-16(2)5-7-18)12-21-26(35)31-28(37)32(27(21)36)19-8-10-20(33)11-9-19/h4-14,33H,3,15H2,1-2H3,(H,30,34)(H,31,35,37)/b21-12+. The molecule has 1 fully saturated rings. The van der Waals surface area contributed by atoms with E-state index in [0.717, 1.165) is 10.5 Å². The van der Waals surface area contributed by atoms with Gasteiger partial charge in [-0.2, -0.15) is 0 Å². The second kappa shape index (κ2) is 11.8. The summed E-state index contributed by atoms with van der Waals surface area (Å²) >= 11 is 3.41. The molecule has 10 nitrogen and oxygen atoms in total. The van der Waals surface area contributed by atoms with Crippen molar-refractivity contribution in [2.75, 3.05) is 23.4 Å². The monoisotopic (exact) mass is 593 g/mol. The number of benzene rings is 3. The lowest BCUT2D eigenvalue weighted by atomic mass is 10.1. The predicted octanol–water partition coefficient (Wildman–Crippen LogP) is 4.55. The first-order valence-electron chi connectivity index (χ1n) is 11.8. The minimum atomic E-state index is -0.906. The highest BCUT2D eigenvalue weighted by atomic mass is 79.9. The molecule has 39 heavy (non-hydrogen) atoms. The van der Waals surface area contributed by atoms with E-state index in [0.29, 0.717) is 15.7 Å². The molecule has 0 saturated carbocycles. The Bertz CT molecular complexity index is 1470. The van der Waals surface area contributed by atoms with Crippen molar-refractivity contribution >= 4 is 57.1 Å². The number of carbonyl (C=O) groups excluding carboxylic acids is 4. The maximum Gasteiger partial charge on any atom is 0.335 e. The van der Waals surface area contributed by atoms with Crippen LogP contribution in [-0.4, -0.2) is 42.1 Å². The molecule has 1 aliphatic heterocycles. The van der Waals surface area contributed by atoms with E-state index in [1.165, 1.54) is 30.3 Å². The third kappa shape index (κ3) is 6.44. The number of carbonyl (C=O) groups is 4. The number of halogens is 1. The number of rotatable bonds is 8. The van der Waals surface area contributed by atoms with Gasteiger partial charge in [-0.25, -0.2) is 9.69 Å². The van der Waals surface area contributed by atoms with Crippen molar-refractivity contribution in [2.45, 2.75) is 13.8 Å². The topological polar surface area (TPSA) is 134 Å². The van der Waals surface area contributed by atoms with Crippen molar-refractivity contribution < 1.29 is 33.8 Å². The summed E-state index contributed by atoms with van der Waals surface area (Å²) < 4.78 is 11.8. The molecule has 0 atom stereocenters. The summed E-state index contributed by atoms with van der Waals surface area (Å²) in [4.78, 5) is 51.3. The molecule has 3 N–H and O–H groups in total. The van der Waals surface area contributed by atoms with E-state index in [9.17, 15) is 24.3 Å². The number of anilines is 2. The number of aryl methyl sites for hydroxylation is 1. The molecule has 200 valence electrons. The second-order valence-corrected chi connectivity index (χ2v) is 9.29. The highest BCUT2D eigenvalue weighted by Crippen LogP contribution is 2.38. The number of barbiturate groups is 1. The molecule has 5 amide bonds. The van der Waals surface area contributed by atoms with Crippen LogP contribution in [0.25, 0.3) is 6.08 Å². The molecule has 0 aliphatic carbocycles. The van der Waals surface area contributed by atoms with E-state index in [2.05, 4.69) is 26.6 Å². The number of ether oxygens (including phenoxy) is 2. The van der Waals surface area contributed by atoms with Crippen molar-refractivity contribution in [3.05, 3.63) is 81.8 Å². The SMILES string of the molecule is CCOc1cc(/C=C2\C(=O)NC(=O)N(c3ccc(O)cc3)C2=O)cc(Br)c1OCC(=O)Nc1ccc(C)cc1. The van der Waals surface area contributed by atoms with E-state index in [1.54, 1.807) is 31.2 Å². The van der Waals surface area contributed by atoms with Gasteiger partial charge in [-0.05, 0) is 89.9 Å². The number of phenols is 1. The van der Waals surface area contributed by atoms with Crippen LogP contribution in [-0.2, 0) is 14.4 Å². The van der Waals surface area contributed by atoms with Crippen molar-refractivity contribution in [3.8, 4) is 17.2 Å². The van der Waals surface area contributed by atoms with Gasteiger partial charge in [0.05, 0.1) is 16.8 Å². The fourth-order valence-corrected chi connectivity index (χ4v) is 4.28. The number of nitrogens with zero attached hydrogens (tertiary/aromatic N) is 1. The Kier molecular flexibility index (Phi) is 8.30. The maximum absolute atomic E-state index is 13.1. The van der Waals surface area contributed by atoms with Gasteiger partial charge in [0.25, 0.3) is 17.7 Å². The van der Waals surface area contributed by atoms with Crippen LogP contribution in [0.1, 0.15) is 18.1 Å². The second-order valence-electron chi connectivity index (χ2n) is 8.44. The third-order valence-electron chi connectivity index (χ3n) is 5.54. The Balaban J connectivity index is 1.57. The summed E-state index contributed by atoms with van der Waals surface area (Å²) in [6.45, 7) is 3.70. The van der Waals surface area contributed by atoms with Crippen LogP contribution in [0.3, 0.4) is 0 Å². The fourth-order valence-electron chi connectivity index (χ4n) is 3.71. The van der Waals surface area contributed by atoms with Gasteiger partial charge in [0.2, 0.25) is 0 Å². The fraction of sp³-hybridized carbons (Fsp3) is 0.143. The molecule has 3 aromatic carbocycles. The zero-order chi connectivity index (χ0) is 28.1. The molecule has 4 rings (SSSR count). The summed E-state index contributed by atoms with van der Waals surface area (Å²) in [5, 5.41) is 14.4. The first kappa shape index (κ1) is 27.4. The first-order chi connectivity index (χ1) is 18.7. The highest BCUT2D eigenvalue weighted by Gasteiger charge is 2.37. The molecule has 0 bridgehead atoms. The number of nitrogens with one attached hydrogen (secondary N) is 2. The molecule has 3 aromatic rings. The molecule has 1 saturated heterocycles. The Morgan fingerprint density at radius 2 is 1.74 bits per heavy atom. The van der Waals surface area contributed by atoms with Crippen LogP contribution in [0.2, 0.25) is 0 Å². The summed E-state index contributed by atoms with van der Waals surface area (Å²) in [5.41, 5.74) is 1.99. The molecule has 0 spiro atoms. The number of hydrogen-bond donors (Lipinski definition) is 3. The van der Waals surface area contributed by atoms with Crippen molar-refractivity contribution in [1.29, 1.82) is 0 Å². The van der Waals surface area contributed by atoms with Crippen molar-refractivity contribution in [3.63, 3.8) is 0 Å². The average Bonchev–Trinajstić information content (AvgIpc) is 2.88. The molecule has 11 heteroatoms. The van der Waals surface area contributed by atoms with Gasteiger partial charge in [-0.15, -0.1) is 0 Å². The lowest BCUT2D eigenvalue weighted by Crippen LogP contribution is -2.54. The quantitative estimate of drug-likeness (QED) is 0.258. The molecule has 1 aliphatic rings. The van der Waals surface area contributed by atoms with Gasteiger partial charge in [0.1, 0.15) is 11.3 Å². The van der Waals surface area contributed by atoms with Crippen LogP contribution in [0.5, 0.6) is 17.2 Å². The van der Waals surface area contributed by atoms with Crippen LogP contribution in [0.15, 0.2) is 70.7 Å². The maximum atomic E-state index is 13.1. The normalized spacial score (nSPS) is 14.3. The molecule has 0 radical (unpaired) electrons. The van der Waals surface area contributed by atoms with E-state index in [-0.39, 0.29) is 47.6 Å². The number of imide groups is 2. The minimum Gasteiger partial charge on any atom is -0.508 e. The number of amides is 5. The van der Waals surface area contributed by atoms with Gasteiger partial charge in [-0.3, -0.25) is 19.7 Å². The average molecular weight is 594 g/mol. The number of hydrogen-bond acceptors (Lipinski definition) is 7. The van der Waals surface area contributed by atoms with E-state index < -0.39 is 17.8 Å². The zero-order valence-electron chi connectivity index (χ0n) is 21.0. The summed E-state index contributed by atoms with van der Waals surface area (Å²) in [5.74, 6) is -1.57. The minimum absolute atomic E-state index is 0.0429. The molecular weight excluding hydrogens is 570 g/mol. The molecular formula is C28H24BrN3O7. The number of urea groups is 1. The smallest absolute Gasteiger partial charge is 0.335 e. The van der Waals surface area contributed by atoms with Crippen LogP contribution in [0.4, 0.5) is 16.2 Å². The predicted molar refractivity (Wildman–Crippen MR) is 148 cm³/mol. The van der Waals surface area contributed by atoms with Crippen molar-refractivity contribution in [2.24, 2.45) is 0 Å². The van der Waals surface area contributed by atoms with E-state index in [4.69, 9.17) is 9.47 Å². The van der Waals surface area contributed by atoms with Crippen LogP contribution in [0, 0.1) is 6.92 Å². The van der Waals surface area contributed by atoms with E-state index >= 15 is 0 Å². The molecule has 0 unspecified atom stereocenters. The van der Waals surface area contributed by atoms with Crippen molar-refractivity contribution in [1.82, 2.24) is 5.32 Å². The Hall–Kier alpha value is -4.64. The first-order valence-corrected chi connectivity index (χ1v) is 12.6. The largest absolute Gasteiger partial charge is 0.508 e. The van der Waals surface area contributed by atoms with Gasteiger partial charge < -0.3 is 19.9 Å². The van der Waals surface area contributed by atoms with Gasteiger partial charge in [-0.1, -0.05) is 17.7 Å². The lowest BCUT2D eigenvalue weighted by Gasteiger charge is -2.26. The third-order valence-corrected chi connectivity index (χ3v) is 6.12. The summed E-state index contributed by atoms with van der Waals surface area (Å²) in [6.07, 6.45) is 1.32. The Morgan fingerprint density at radius 1 is 1.05 bits per heavy atom. The number of aromatic hydroxyl groups is 1. The van der Waals surface area contributed by atoms with Crippen LogP contribution >= 0.6 is 15.9 Å². The number of phenolic OH excluding ortho intramolecular Hbond substituents is 1. The van der Waals surface area contributed by atoms with Crippen LogP contribution < -0.4 is 25.0 Å². The van der Waals surface area contributed by atoms with Gasteiger partial charge in [0.15, 0.2) is 18.1 Å². The highest BCUT2D eigenvalue weighted by molar-refractivity contribution is 9.10. The zero-order valence-corrected chi connectivity index (χ0v) is 22.6. The Labute approximate surface area is 232 Å².